The summed E-state index contributed by atoms with van der Waals surface area (Å²) >= 11 is 0. The van der Waals surface area contributed by atoms with E-state index in [-0.39, 0.29) is 12.0 Å². The normalized spacial score (nSPS) is 16.2. The molecule has 26 heavy (non-hydrogen) atoms. The molecule has 1 heterocycles. The number of fused-ring (bicyclic) bond motifs is 1. The molecule has 2 aromatic carbocycles. The maximum Gasteiger partial charge on any atom is 0.251 e. The Morgan fingerprint density at radius 3 is 2.77 bits per heavy atom. The molecule has 0 N–H and O–H groups in total. The molecular weight excluding hydrogens is 326 g/mol. The van der Waals surface area contributed by atoms with Gasteiger partial charge in [-0.15, -0.1) is 0 Å². The van der Waals surface area contributed by atoms with Crippen LogP contribution in [0, 0.1) is 0 Å². The van der Waals surface area contributed by atoms with Gasteiger partial charge >= 0.3 is 0 Å². The molecule has 1 unspecified atom stereocenters. The van der Waals surface area contributed by atoms with Gasteiger partial charge in [-0.25, -0.2) is 0 Å². The Hall–Kier alpha value is -2.75. The maximum absolute atomic E-state index is 12.9. The minimum absolute atomic E-state index is 0.0161. The van der Waals surface area contributed by atoms with Gasteiger partial charge in [0.15, 0.2) is 0 Å². The largest absolute Gasteiger partial charge is 0.493 e. The number of ether oxygens (including phenoxy) is 2. The van der Waals surface area contributed by atoms with Gasteiger partial charge in [0.05, 0.1) is 18.8 Å². The molecule has 1 aliphatic heterocycles. The second-order valence-electron chi connectivity index (χ2n) is 6.28. The first-order valence-corrected chi connectivity index (χ1v) is 9.20. The summed E-state index contributed by atoms with van der Waals surface area (Å²) in [5.41, 5.74) is 1.73. The van der Waals surface area contributed by atoms with Crippen molar-refractivity contribution in [2.75, 3.05) is 18.1 Å². The highest BCUT2D eigenvalue weighted by molar-refractivity contribution is 6.05. The van der Waals surface area contributed by atoms with Gasteiger partial charge in [-0.3, -0.25) is 4.79 Å². The predicted octanol–water partition coefficient (Wildman–Crippen LogP) is 4.69. The van der Waals surface area contributed by atoms with Crippen molar-refractivity contribution < 1.29 is 14.3 Å². The second-order valence-corrected chi connectivity index (χ2v) is 6.28. The van der Waals surface area contributed by atoms with Gasteiger partial charge in [0.25, 0.3) is 5.91 Å². The molecular formula is C22H25NO3. The number of amides is 1. The SMILES string of the molecule is CCCOc1ccccc1/C=C/C(=O)N1CC(CC)Oc2ccccc21. The standard InChI is InChI=1S/C22H25NO3/c1-3-15-25-20-11-7-5-9-17(20)13-14-22(24)23-16-18(4-2)26-21-12-8-6-10-19(21)23/h5-14,18H,3-4,15-16H2,1-2H3/b14-13+. The number of rotatable bonds is 6. The number of carbonyl (C=O) groups is 1. The average molecular weight is 351 g/mol. The number of hydrogen-bond acceptors (Lipinski definition) is 3. The lowest BCUT2D eigenvalue weighted by Gasteiger charge is -2.34. The molecule has 0 aliphatic carbocycles. The topological polar surface area (TPSA) is 38.8 Å². The molecule has 0 aromatic heterocycles. The second kappa shape index (κ2) is 8.56. The van der Waals surface area contributed by atoms with E-state index in [2.05, 4.69) is 13.8 Å². The molecule has 1 aliphatic rings. The first-order chi connectivity index (χ1) is 12.7. The number of benzene rings is 2. The molecule has 2 aromatic rings. The quantitative estimate of drug-likeness (QED) is 0.709. The minimum Gasteiger partial charge on any atom is -0.493 e. The third-order valence-corrected chi connectivity index (χ3v) is 4.34. The fraction of sp³-hybridized carbons (Fsp3) is 0.318. The first kappa shape index (κ1) is 18.1. The molecule has 0 bridgehead atoms. The van der Waals surface area contributed by atoms with E-state index in [1.807, 2.05) is 54.6 Å². The van der Waals surface area contributed by atoms with Crippen molar-refractivity contribution in [2.45, 2.75) is 32.8 Å². The van der Waals surface area contributed by atoms with Crippen LogP contribution in [0.5, 0.6) is 11.5 Å². The lowest BCUT2D eigenvalue weighted by molar-refractivity contribution is -0.114. The van der Waals surface area contributed by atoms with Crippen LogP contribution in [-0.2, 0) is 4.79 Å². The highest BCUT2D eigenvalue weighted by Gasteiger charge is 2.27. The van der Waals surface area contributed by atoms with Crippen LogP contribution in [0.1, 0.15) is 32.3 Å². The van der Waals surface area contributed by atoms with Gasteiger partial charge in [-0.1, -0.05) is 44.2 Å². The molecule has 136 valence electrons. The summed E-state index contributed by atoms with van der Waals surface area (Å²) in [6, 6.07) is 15.4. The van der Waals surface area contributed by atoms with Crippen molar-refractivity contribution in [1.82, 2.24) is 0 Å². The zero-order valence-corrected chi connectivity index (χ0v) is 15.4. The van der Waals surface area contributed by atoms with E-state index < -0.39 is 0 Å². The third-order valence-electron chi connectivity index (χ3n) is 4.34. The Kier molecular flexibility index (Phi) is 5.95. The molecule has 0 radical (unpaired) electrons. The zero-order valence-electron chi connectivity index (χ0n) is 15.4. The van der Waals surface area contributed by atoms with Crippen LogP contribution < -0.4 is 14.4 Å². The van der Waals surface area contributed by atoms with Crippen LogP contribution in [0.3, 0.4) is 0 Å². The Bertz CT molecular complexity index is 784. The Morgan fingerprint density at radius 1 is 1.19 bits per heavy atom. The van der Waals surface area contributed by atoms with Gasteiger partial charge in [0.1, 0.15) is 17.6 Å². The Morgan fingerprint density at radius 2 is 1.96 bits per heavy atom. The van der Waals surface area contributed by atoms with Gasteiger partial charge in [-0.05, 0) is 37.1 Å². The van der Waals surface area contributed by atoms with Crippen LogP contribution in [0.2, 0.25) is 0 Å². The summed E-state index contributed by atoms with van der Waals surface area (Å²) in [5, 5.41) is 0. The number of para-hydroxylation sites is 3. The van der Waals surface area contributed by atoms with Crippen molar-refractivity contribution in [2.24, 2.45) is 0 Å². The summed E-state index contributed by atoms with van der Waals surface area (Å²) in [6.45, 7) is 5.36. The van der Waals surface area contributed by atoms with E-state index in [1.165, 1.54) is 0 Å². The molecule has 4 nitrogen and oxygen atoms in total. The van der Waals surface area contributed by atoms with E-state index in [0.717, 1.165) is 35.6 Å². The van der Waals surface area contributed by atoms with Crippen molar-refractivity contribution >= 4 is 17.7 Å². The van der Waals surface area contributed by atoms with Crippen LogP contribution in [0.25, 0.3) is 6.08 Å². The fourth-order valence-corrected chi connectivity index (χ4v) is 2.93. The van der Waals surface area contributed by atoms with Crippen LogP contribution in [0.4, 0.5) is 5.69 Å². The number of anilines is 1. The van der Waals surface area contributed by atoms with Crippen LogP contribution in [-0.4, -0.2) is 25.2 Å². The molecule has 1 amide bonds. The lowest BCUT2D eigenvalue weighted by Crippen LogP contribution is -2.42. The number of hydrogen-bond donors (Lipinski definition) is 0. The third kappa shape index (κ3) is 4.07. The minimum atomic E-state index is -0.0514. The van der Waals surface area contributed by atoms with Gasteiger partial charge in [0.2, 0.25) is 0 Å². The monoisotopic (exact) mass is 351 g/mol. The van der Waals surface area contributed by atoms with Crippen LogP contribution in [0.15, 0.2) is 54.6 Å². The van der Waals surface area contributed by atoms with Gasteiger partial charge in [-0.2, -0.15) is 0 Å². The molecule has 0 spiro atoms. The molecule has 1 atom stereocenters. The average Bonchev–Trinajstić information content (AvgIpc) is 2.70. The molecule has 0 saturated heterocycles. The fourth-order valence-electron chi connectivity index (χ4n) is 2.93. The molecule has 3 rings (SSSR count). The smallest absolute Gasteiger partial charge is 0.251 e. The first-order valence-electron chi connectivity index (χ1n) is 9.20. The van der Waals surface area contributed by atoms with Crippen molar-refractivity contribution in [1.29, 1.82) is 0 Å². The van der Waals surface area contributed by atoms with Crippen molar-refractivity contribution in [3.8, 4) is 11.5 Å². The number of carbonyl (C=O) groups excluding carboxylic acids is 1. The highest BCUT2D eigenvalue weighted by Crippen LogP contribution is 2.34. The maximum atomic E-state index is 12.9. The van der Waals surface area contributed by atoms with Gasteiger partial charge < -0.3 is 14.4 Å². The zero-order chi connectivity index (χ0) is 18.4. The molecule has 4 heteroatoms. The lowest BCUT2D eigenvalue weighted by atomic mass is 10.1. The van der Waals surface area contributed by atoms with E-state index in [1.54, 1.807) is 11.0 Å². The summed E-state index contributed by atoms with van der Waals surface area (Å²) in [5.74, 6) is 1.51. The van der Waals surface area contributed by atoms with E-state index in [9.17, 15) is 4.79 Å². The molecule has 0 saturated carbocycles. The molecule has 0 fully saturated rings. The van der Waals surface area contributed by atoms with Crippen molar-refractivity contribution in [3.05, 3.63) is 60.2 Å². The van der Waals surface area contributed by atoms with E-state index >= 15 is 0 Å². The summed E-state index contributed by atoms with van der Waals surface area (Å²) < 4.78 is 11.7. The highest BCUT2D eigenvalue weighted by atomic mass is 16.5. The summed E-state index contributed by atoms with van der Waals surface area (Å²) in [6.07, 6.45) is 5.26. The predicted molar refractivity (Wildman–Crippen MR) is 105 cm³/mol. The van der Waals surface area contributed by atoms with Gasteiger partial charge in [0, 0.05) is 11.6 Å². The van der Waals surface area contributed by atoms with Crippen LogP contribution >= 0.6 is 0 Å². The number of nitrogens with zero attached hydrogens (tertiary/aromatic N) is 1. The Labute approximate surface area is 155 Å². The summed E-state index contributed by atoms with van der Waals surface area (Å²) in [4.78, 5) is 14.7. The van der Waals surface area contributed by atoms with E-state index in [4.69, 9.17) is 9.47 Å². The Balaban J connectivity index is 1.81. The van der Waals surface area contributed by atoms with Crippen molar-refractivity contribution in [3.63, 3.8) is 0 Å². The van der Waals surface area contributed by atoms with E-state index in [0.29, 0.717) is 13.2 Å². The summed E-state index contributed by atoms with van der Waals surface area (Å²) in [7, 11) is 0.